The SMILES string of the molecule is Cc1cc(F)cc(C(=O)C(F)(F)C(F)(F)C(F)(F)C(F)(F)F)c1. The van der Waals surface area contributed by atoms with Crippen LogP contribution in [0.15, 0.2) is 18.2 Å². The molecule has 1 nitrogen and oxygen atoms in total. The van der Waals surface area contributed by atoms with Crippen LogP contribution in [0.1, 0.15) is 15.9 Å². The van der Waals surface area contributed by atoms with Gasteiger partial charge < -0.3 is 0 Å². The molecule has 0 unspecified atom stereocenters. The first-order valence-corrected chi connectivity index (χ1v) is 5.58. The summed E-state index contributed by atoms with van der Waals surface area (Å²) >= 11 is 0. The summed E-state index contributed by atoms with van der Waals surface area (Å²) in [5.41, 5.74) is -1.68. The van der Waals surface area contributed by atoms with Crippen LogP contribution in [0.4, 0.5) is 43.9 Å². The first-order chi connectivity index (χ1) is 10.1. The summed E-state index contributed by atoms with van der Waals surface area (Å²) in [5.74, 6) is -25.1. The Morgan fingerprint density at radius 1 is 0.826 bits per heavy atom. The van der Waals surface area contributed by atoms with Crippen molar-refractivity contribution in [3.05, 3.63) is 35.1 Å². The van der Waals surface area contributed by atoms with E-state index in [4.69, 9.17) is 0 Å². The van der Waals surface area contributed by atoms with Gasteiger partial charge in [0, 0.05) is 5.56 Å². The van der Waals surface area contributed by atoms with E-state index in [9.17, 15) is 48.7 Å². The number of alkyl halides is 9. The van der Waals surface area contributed by atoms with Crippen molar-refractivity contribution in [1.29, 1.82) is 0 Å². The molecule has 0 aliphatic rings. The minimum absolute atomic E-state index is 0.0189. The van der Waals surface area contributed by atoms with Gasteiger partial charge >= 0.3 is 23.9 Å². The van der Waals surface area contributed by atoms with Gasteiger partial charge in [0.05, 0.1) is 0 Å². The van der Waals surface area contributed by atoms with Crippen molar-refractivity contribution in [2.45, 2.75) is 30.9 Å². The third-order valence-electron chi connectivity index (χ3n) is 2.73. The maximum atomic E-state index is 13.4. The molecule has 0 amide bonds. The van der Waals surface area contributed by atoms with E-state index in [0.717, 1.165) is 6.92 Å². The fourth-order valence-corrected chi connectivity index (χ4v) is 1.57. The largest absolute Gasteiger partial charge is 0.460 e. The van der Waals surface area contributed by atoms with E-state index in [2.05, 4.69) is 0 Å². The topological polar surface area (TPSA) is 17.1 Å². The molecule has 1 aromatic rings. The van der Waals surface area contributed by atoms with E-state index < -0.39 is 41.1 Å². The molecule has 130 valence electrons. The highest BCUT2D eigenvalue weighted by atomic mass is 19.4. The molecule has 0 fully saturated rings. The number of benzene rings is 1. The van der Waals surface area contributed by atoms with E-state index in [1.54, 1.807) is 0 Å². The minimum Gasteiger partial charge on any atom is -0.287 e. The number of carbonyl (C=O) groups excluding carboxylic acids is 1. The van der Waals surface area contributed by atoms with Crippen LogP contribution in [0.25, 0.3) is 0 Å². The number of hydrogen-bond donors (Lipinski definition) is 0. The van der Waals surface area contributed by atoms with Crippen molar-refractivity contribution in [2.24, 2.45) is 0 Å². The monoisotopic (exact) mass is 356 g/mol. The van der Waals surface area contributed by atoms with Crippen molar-refractivity contribution in [3.63, 3.8) is 0 Å². The molecular weight excluding hydrogens is 350 g/mol. The standard InChI is InChI=1S/C12H6F10O/c1-5-2-6(4-7(13)3-5)8(23)9(14,15)10(16,17)11(18,19)12(20,21)22/h2-4H,1H3. The molecule has 0 bridgehead atoms. The van der Waals surface area contributed by atoms with E-state index in [1.807, 2.05) is 0 Å². The Morgan fingerprint density at radius 2 is 1.30 bits per heavy atom. The summed E-state index contributed by atoms with van der Waals surface area (Å²) in [6.07, 6.45) is -7.03. The fraction of sp³-hybridized carbons (Fsp3) is 0.417. The number of ketones is 1. The smallest absolute Gasteiger partial charge is 0.287 e. The summed E-state index contributed by atoms with van der Waals surface area (Å²) < 4.78 is 127. The molecule has 1 aromatic carbocycles. The van der Waals surface area contributed by atoms with Gasteiger partial charge in [0.2, 0.25) is 5.78 Å². The van der Waals surface area contributed by atoms with Gasteiger partial charge in [0.25, 0.3) is 0 Å². The molecule has 0 N–H and O–H groups in total. The number of hydrogen-bond acceptors (Lipinski definition) is 1. The molecular formula is C12H6F10O. The summed E-state index contributed by atoms with van der Waals surface area (Å²) in [7, 11) is 0. The van der Waals surface area contributed by atoms with Crippen molar-refractivity contribution in [3.8, 4) is 0 Å². The lowest BCUT2D eigenvalue weighted by molar-refractivity contribution is -0.386. The Bertz CT molecular complexity index is 597. The Morgan fingerprint density at radius 3 is 1.70 bits per heavy atom. The predicted molar refractivity (Wildman–Crippen MR) is 56.4 cm³/mol. The number of rotatable bonds is 4. The maximum absolute atomic E-state index is 13.4. The van der Waals surface area contributed by atoms with Crippen LogP contribution in [-0.4, -0.2) is 29.7 Å². The Kier molecular flexibility index (Phi) is 4.50. The van der Waals surface area contributed by atoms with E-state index >= 15 is 0 Å². The number of aryl methyl sites for hydroxylation is 1. The van der Waals surface area contributed by atoms with Crippen molar-refractivity contribution in [2.75, 3.05) is 0 Å². The lowest BCUT2D eigenvalue weighted by Gasteiger charge is -2.32. The van der Waals surface area contributed by atoms with Gasteiger partial charge in [-0.05, 0) is 30.7 Å². The summed E-state index contributed by atoms with van der Waals surface area (Å²) in [6, 6.07) is 1.16. The van der Waals surface area contributed by atoms with E-state index in [0.29, 0.717) is 12.1 Å². The van der Waals surface area contributed by atoms with E-state index in [-0.39, 0.29) is 11.6 Å². The van der Waals surface area contributed by atoms with Gasteiger partial charge in [-0.2, -0.15) is 39.5 Å². The highest BCUT2D eigenvalue weighted by Crippen LogP contribution is 2.53. The lowest BCUT2D eigenvalue weighted by atomic mass is 9.95. The van der Waals surface area contributed by atoms with E-state index in [1.165, 1.54) is 0 Å². The lowest BCUT2D eigenvalue weighted by Crippen LogP contribution is -2.63. The Hall–Kier alpha value is -1.81. The molecule has 11 heteroatoms. The van der Waals surface area contributed by atoms with Crippen LogP contribution in [0, 0.1) is 12.7 Å². The van der Waals surface area contributed by atoms with Gasteiger partial charge in [-0.15, -0.1) is 0 Å². The first-order valence-electron chi connectivity index (χ1n) is 5.58. The average molecular weight is 356 g/mol. The summed E-state index contributed by atoms with van der Waals surface area (Å²) in [4.78, 5) is 11.3. The third kappa shape index (κ3) is 3.00. The van der Waals surface area contributed by atoms with Crippen LogP contribution in [0.2, 0.25) is 0 Å². The zero-order valence-electron chi connectivity index (χ0n) is 10.9. The zero-order valence-corrected chi connectivity index (χ0v) is 10.9. The van der Waals surface area contributed by atoms with Crippen LogP contribution in [-0.2, 0) is 0 Å². The van der Waals surface area contributed by atoms with Crippen molar-refractivity contribution in [1.82, 2.24) is 0 Å². The second kappa shape index (κ2) is 5.38. The second-order valence-electron chi connectivity index (χ2n) is 4.57. The molecule has 0 radical (unpaired) electrons. The van der Waals surface area contributed by atoms with Crippen LogP contribution < -0.4 is 0 Å². The second-order valence-corrected chi connectivity index (χ2v) is 4.57. The molecule has 0 aromatic heterocycles. The third-order valence-corrected chi connectivity index (χ3v) is 2.73. The summed E-state index contributed by atoms with van der Waals surface area (Å²) in [5, 5.41) is 0. The van der Waals surface area contributed by atoms with Crippen molar-refractivity contribution < 1.29 is 48.7 Å². The normalized spacial score (nSPS) is 14.0. The van der Waals surface area contributed by atoms with Gasteiger partial charge in [0.15, 0.2) is 0 Å². The Labute approximate surface area is 121 Å². The molecule has 0 spiro atoms. The number of halogens is 10. The van der Waals surface area contributed by atoms with Crippen LogP contribution >= 0.6 is 0 Å². The first kappa shape index (κ1) is 19.2. The molecule has 0 aliphatic heterocycles. The highest BCUT2D eigenvalue weighted by Gasteiger charge is 2.83. The molecule has 0 heterocycles. The summed E-state index contributed by atoms with van der Waals surface area (Å²) in [6.45, 7) is 1.06. The maximum Gasteiger partial charge on any atom is 0.460 e. The number of Topliss-reactive ketones (excluding diaryl/α,β-unsaturated/α-hetero) is 1. The zero-order chi connectivity index (χ0) is 18.4. The molecule has 0 saturated heterocycles. The molecule has 23 heavy (non-hydrogen) atoms. The van der Waals surface area contributed by atoms with Gasteiger partial charge in [-0.1, -0.05) is 0 Å². The molecule has 0 saturated carbocycles. The van der Waals surface area contributed by atoms with Gasteiger partial charge in [-0.3, -0.25) is 4.79 Å². The molecule has 0 aliphatic carbocycles. The minimum atomic E-state index is -7.18. The van der Waals surface area contributed by atoms with Crippen LogP contribution in [0.3, 0.4) is 0 Å². The molecule has 0 atom stereocenters. The van der Waals surface area contributed by atoms with Crippen LogP contribution in [0.5, 0.6) is 0 Å². The average Bonchev–Trinajstić information content (AvgIpc) is 2.34. The molecule has 1 rings (SSSR count). The highest BCUT2D eigenvalue weighted by molar-refractivity contribution is 6.02. The van der Waals surface area contributed by atoms with Gasteiger partial charge in [0.1, 0.15) is 5.82 Å². The quantitative estimate of drug-likeness (QED) is 0.560. The number of carbonyl (C=O) groups is 1. The Balaban J connectivity index is 3.41. The van der Waals surface area contributed by atoms with Gasteiger partial charge in [-0.25, -0.2) is 4.39 Å². The fourth-order valence-electron chi connectivity index (χ4n) is 1.57. The van der Waals surface area contributed by atoms with Crippen molar-refractivity contribution >= 4 is 5.78 Å². The predicted octanol–water partition coefficient (Wildman–Crippen LogP) is 4.79.